The van der Waals surface area contributed by atoms with Crippen molar-refractivity contribution in [2.24, 2.45) is 0 Å². The number of ether oxygens (including phenoxy) is 1. The molecule has 2 aromatic rings. The summed E-state index contributed by atoms with van der Waals surface area (Å²) in [6.07, 6.45) is 1.20. The van der Waals surface area contributed by atoms with Crippen LogP contribution in [0, 0.1) is 11.6 Å². The van der Waals surface area contributed by atoms with Crippen molar-refractivity contribution in [1.29, 1.82) is 0 Å². The van der Waals surface area contributed by atoms with Gasteiger partial charge >= 0.3 is 0 Å². The number of hydrogen-bond donors (Lipinski definition) is 2. The Kier molecular flexibility index (Phi) is 7.51. The molecule has 0 saturated carbocycles. The summed E-state index contributed by atoms with van der Waals surface area (Å²) in [7, 11) is -2.48. The Balaban J connectivity index is 1.81. The largest absolute Gasteiger partial charge is 0.396 e. The lowest BCUT2D eigenvalue weighted by molar-refractivity contribution is -0.0598. The number of sulfonamides is 1. The van der Waals surface area contributed by atoms with E-state index in [1.54, 1.807) is 0 Å². The number of methoxy groups -OCH3 is 1. The van der Waals surface area contributed by atoms with Gasteiger partial charge in [-0.25, -0.2) is 17.2 Å². The molecule has 2 aromatic carbocycles. The summed E-state index contributed by atoms with van der Waals surface area (Å²) in [4.78, 5) is 12.3. The van der Waals surface area contributed by atoms with Crippen LogP contribution in [-0.4, -0.2) is 56.1 Å². The number of piperidine rings is 1. The van der Waals surface area contributed by atoms with Crippen LogP contribution >= 0.6 is 11.6 Å². The quantitative estimate of drug-likeness (QED) is 0.622. The number of anilines is 1. The van der Waals surface area contributed by atoms with E-state index in [1.165, 1.54) is 29.6 Å². The number of hydrogen-bond acceptors (Lipinski definition) is 5. The fraction of sp³-hybridized carbons (Fsp3) is 0.381. The monoisotopic (exact) mass is 488 g/mol. The van der Waals surface area contributed by atoms with Crippen LogP contribution in [0.2, 0.25) is 5.02 Å². The number of benzene rings is 2. The number of rotatable bonds is 7. The van der Waals surface area contributed by atoms with E-state index in [2.05, 4.69) is 5.32 Å². The van der Waals surface area contributed by atoms with Crippen LogP contribution in [0.15, 0.2) is 41.3 Å². The Hall–Kier alpha value is -2.11. The highest BCUT2D eigenvalue weighted by atomic mass is 35.5. The lowest BCUT2D eigenvalue weighted by Gasteiger charge is -2.40. The second kappa shape index (κ2) is 9.80. The minimum atomic E-state index is -4.01. The maximum Gasteiger partial charge on any atom is 0.255 e. The molecule has 11 heteroatoms. The highest BCUT2D eigenvalue weighted by molar-refractivity contribution is 7.89. The summed E-state index contributed by atoms with van der Waals surface area (Å²) in [5.41, 5.74) is -0.582. The minimum Gasteiger partial charge on any atom is -0.396 e. The van der Waals surface area contributed by atoms with E-state index in [-0.39, 0.29) is 40.9 Å². The van der Waals surface area contributed by atoms with Gasteiger partial charge in [-0.3, -0.25) is 4.79 Å². The first kappa shape index (κ1) is 24.5. The van der Waals surface area contributed by atoms with Gasteiger partial charge in [0, 0.05) is 44.1 Å². The Morgan fingerprint density at radius 2 is 1.88 bits per heavy atom. The standard InChI is InChI=1S/C21H23ClF2N2O5S/c1-31-21(8-11-27)6-9-26(10-7-21)32(29,30)19-12-14(2-4-16(19)22)20(28)25-15-3-5-17(23)18(24)13-15/h2-5,12-13,27H,6-11H2,1H3,(H,25,28). The first-order valence-corrected chi connectivity index (χ1v) is 11.7. The molecule has 0 aromatic heterocycles. The van der Waals surface area contributed by atoms with Gasteiger partial charge in [-0.05, 0) is 49.6 Å². The van der Waals surface area contributed by atoms with Crippen LogP contribution in [0.25, 0.3) is 0 Å². The highest BCUT2D eigenvalue weighted by Gasteiger charge is 2.39. The van der Waals surface area contributed by atoms with Gasteiger partial charge in [0.2, 0.25) is 10.0 Å². The number of aliphatic hydroxyl groups excluding tert-OH is 1. The number of aliphatic hydroxyl groups is 1. The van der Waals surface area contributed by atoms with Gasteiger partial charge in [-0.15, -0.1) is 0 Å². The molecule has 0 bridgehead atoms. The summed E-state index contributed by atoms with van der Waals surface area (Å²) in [5.74, 6) is -2.88. The van der Waals surface area contributed by atoms with Gasteiger partial charge < -0.3 is 15.2 Å². The summed E-state index contributed by atoms with van der Waals surface area (Å²) < 4.78 is 59.7. The predicted molar refractivity (Wildman–Crippen MR) is 115 cm³/mol. The molecule has 1 aliphatic heterocycles. The molecule has 2 N–H and O–H groups in total. The number of nitrogens with one attached hydrogen (secondary N) is 1. The normalized spacial score (nSPS) is 16.7. The first-order valence-electron chi connectivity index (χ1n) is 9.84. The Bertz CT molecular complexity index is 1110. The molecule has 7 nitrogen and oxygen atoms in total. The molecule has 1 saturated heterocycles. The lowest BCUT2D eigenvalue weighted by atomic mass is 9.89. The predicted octanol–water partition coefficient (Wildman–Crippen LogP) is 3.42. The van der Waals surface area contributed by atoms with Crippen LogP contribution in [0.5, 0.6) is 0 Å². The number of carbonyl (C=O) groups excluding carboxylic acids is 1. The molecule has 1 fully saturated rings. The molecule has 174 valence electrons. The van der Waals surface area contributed by atoms with Crippen LogP contribution in [-0.2, 0) is 14.8 Å². The van der Waals surface area contributed by atoms with Crippen molar-refractivity contribution in [3.63, 3.8) is 0 Å². The van der Waals surface area contributed by atoms with Gasteiger partial charge in [0.1, 0.15) is 4.90 Å². The first-order chi connectivity index (χ1) is 15.1. The van der Waals surface area contributed by atoms with Crippen molar-refractivity contribution in [1.82, 2.24) is 4.31 Å². The Morgan fingerprint density at radius 1 is 1.19 bits per heavy atom. The van der Waals surface area contributed by atoms with Crippen molar-refractivity contribution in [3.05, 3.63) is 58.6 Å². The van der Waals surface area contributed by atoms with Crippen molar-refractivity contribution in [2.45, 2.75) is 29.8 Å². The lowest BCUT2D eigenvalue weighted by Crippen LogP contribution is -2.48. The van der Waals surface area contributed by atoms with Gasteiger partial charge in [-0.1, -0.05) is 11.6 Å². The number of amides is 1. The van der Waals surface area contributed by atoms with E-state index >= 15 is 0 Å². The fourth-order valence-electron chi connectivity index (χ4n) is 3.65. The summed E-state index contributed by atoms with van der Waals surface area (Å²) in [6.45, 7) is 0.261. The Labute approximate surface area is 190 Å². The van der Waals surface area contributed by atoms with E-state index in [0.29, 0.717) is 19.3 Å². The van der Waals surface area contributed by atoms with E-state index in [9.17, 15) is 27.1 Å². The molecule has 1 amide bonds. The van der Waals surface area contributed by atoms with Gasteiger partial charge in [0.05, 0.1) is 10.6 Å². The fourth-order valence-corrected chi connectivity index (χ4v) is 5.59. The molecule has 1 heterocycles. The molecular weight excluding hydrogens is 466 g/mol. The second-order valence-electron chi connectivity index (χ2n) is 7.49. The number of carbonyl (C=O) groups is 1. The van der Waals surface area contributed by atoms with Crippen LogP contribution in [0.3, 0.4) is 0 Å². The van der Waals surface area contributed by atoms with Crippen molar-refractivity contribution in [3.8, 4) is 0 Å². The summed E-state index contributed by atoms with van der Waals surface area (Å²) in [5, 5.41) is 11.6. The minimum absolute atomic E-state index is 0.0127. The molecule has 0 radical (unpaired) electrons. The van der Waals surface area contributed by atoms with Crippen molar-refractivity contribution < 1.29 is 31.8 Å². The topological polar surface area (TPSA) is 95.9 Å². The SMILES string of the molecule is COC1(CCO)CCN(S(=O)(=O)c2cc(C(=O)Nc3ccc(F)c(F)c3)ccc2Cl)CC1. The molecule has 0 atom stereocenters. The average Bonchev–Trinajstić information content (AvgIpc) is 2.77. The van der Waals surface area contributed by atoms with E-state index in [1.807, 2.05) is 0 Å². The average molecular weight is 489 g/mol. The van der Waals surface area contributed by atoms with Crippen molar-refractivity contribution in [2.75, 3.05) is 32.1 Å². The zero-order valence-corrected chi connectivity index (χ0v) is 18.8. The van der Waals surface area contributed by atoms with Crippen molar-refractivity contribution >= 4 is 33.2 Å². The molecule has 0 spiro atoms. The maximum absolute atomic E-state index is 13.4. The van der Waals surface area contributed by atoms with E-state index in [4.69, 9.17) is 16.3 Å². The second-order valence-corrected chi connectivity index (χ2v) is 9.81. The van der Waals surface area contributed by atoms with Gasteiger partial charge in [-0.2, -0.15) is 4.31 Å². The van der Waals surface area contributed by atoms with Gasteiger partial charge in [0.15, 0.2) is 11.6 Å². The van der Waals surface area contributed by atoms with Crippen LogP contribution in [0.4, 0.5) is 14.5 Å². The van der Waals surface area contributed by atoms with Crippen LogP contribution < -0.4 is 5.32 Å². The molecule has 32 heavy (non-hydrogen) atoms. The summed E-state index contributed by atoms with van der Waals surface area (Å²) >= 11 is 6.15. The third-order valence-corrected chi connectivity index (χ3v) is 8.00. The number of nitrogens with zero attached hydrogens (tertiary/aromatic N) is 1. The Morgan fingerprint density at radius 3 is 2.47 bits per heavy atom. The molecular formula is C21H23ClF2N2O5S. The van der Waals surface area contributed by atoms with E-state index < -0.39 is 33.2 Å². The van der Waals surface area contributed by atoms with Crippen LogP contribution in [0.1, 0.15) is 29.6 Å². The molecule has 0 aliphatic carbocycles. The maximum atomic E-state index is 13.4. The smallest absolute Gasteiger partial charge is 0.255 e. The zero-order chi connectivity index (χ0) is 23.5. The molecule has 3 rings (SSSR count). The highest BCUT2D eigenvalue weighted by Crippen LogP contribution is 2.33. The third kappa shape index (κ3) is 5.10. The molecule has 0 unspecified atom stereocenters. The van der Waals surface area contributed by atoms with Gasteiger partial charge in [0.25, 0.3) is 5.91 Å². The zero-order valence-electron chi connectivity index (χ0n) is 17.3. The molecule has 1 aliphatic rings. The van der Waals surface area contributed by atoms with E-state index in [0.717, 1.165) is 18.2 Å². The summed E-state index contributed by atoms with van der Waals surface area (Å²) in [6, 6.07) is 6.66. The third-order valence-electron chi connectivity index (χ3n) is 5.62. The number of halogens is 3.